The van der Waals surface area contributed by atoms with Gasteiger partial charge in [-0.3, -0.25) is 4.79 Å². The van der Waals surface area contributed by atoms with E-state index in [0.717, 1.165) is 31.3 Å². The predicted molar refractivity (Wildman–Crippen MR) is 55.6 cm³/mol. The lowest BCUT2D eigenvalue weighted by Crippen LogP contribution is -1.95. The molecule has 0 radical (unpaired) electrons. The molecule has 0 fully saturated rings. The number of carbonyl (C=O) groups excluding carboxylic acids is 1. The first kappa shape index (κ1) is 10.2. The Morgan fingerprint density at radius 3 is 2.85 bits per heavy atom. The Bertz CT molecular complexity index is 236. The van der Waals surface area contributed by atoms with Gasteiger partial charge in [-0.1, -0.05) is 25.0 Å². The highest BCUT2D eigenvalue weighted by molar-refractivity contribution is 5.98. The summed E-state index contributed by atoms with van der Waals surface area (Å²) in [6, 6.07) is 0. The molecule has 0 aliphatic heterocycles. The molecule has 0 atom stereocenters. The third kappa shape index (κ3) is 2.55. The van der Waals surface area contributed by atoms with Crippen molar-refractivity contribution >= 4 is 5.78 Å². The highest BCUT2D eigenvalue weighted by Gasteiger charge is 2.20. The van der Waals surface area contributed by atoms with Gasteiger partial charge in [0, 0.05) is 6.42 Å². The number of unbranched alkanes of at least 4 members (excludes halogenated alkanes) is 1. The van der Waals surface area contributed by atoms with Crippen LogP contribution in [0.5, 0.6) is 0 Å². The van der Waals surface area contributed by atoms with E-state index in [-0.39, 0.29) is 0 Å². The third-order valence-corrected chi connectivity index (χ3v) is 2.60. The number of hydrogen-bond donors (Lipinski definition) is 0. The lowest BCUT2D eigenvalue weighted by atomic mass is 10.0. The molecular formula is C12H18O. The van der Waals surface area contributed by atoms with Crippen molar-refractivity contribution in [3.63, 3.8) is 0 Å². The number of rotatable bonds is 5. The maximum absolute atomic E-state index is 11.4. The second kappa shape index (κ2) is 5.00. The van der Waals surface area contributed by atoms with Gasteiger partial charge in [-0.15, -0.1) is 6.58 Å². The molecule has 0 bridgehead atoms. The summed E-state index contributed by atoms with van der Waals surface area (Å²) in [5.74, 6) is 0.353. The van der Waals surface area contributed by atoms with Crippen LogP contribution in [-0.2, 0) is 4.79 Å². The fourth-order valence-electron chi connectivity index (χ4n) is 1.83. The average molecular weight is 178 g/mol. The second-order valence-corrected chi connectivity index (χ2v) is 3.60. The van der Waals surface area contributed by atoms with Gasteiger partial charge < -0.3 is 0 Å². The number of allylic oxidation sites excluding steroid dienone is 3. The number of carbonyl (C=O) groups is 1. The molecule has 0 saturated heterocycles. The molecular weight excluding hydrogens is 160 g/mol. The van der Waals surface area contributed by atoms with E-state index in [1.807, 2.05) is 6.08 Å². The fourth-order valence-corrected chi connectivity index (χ4v) is 1.83. The van der Waals surface area contributed by atoms with Crippen LogP contribution in [0.3, 0.4) is 0 Å². The lowest BCUT2D eigenvalue weighted by Gasteiger charge is -2.02. The van der Waals surface area contributed by atoms with E-state index < -0.39 is 0 Å². The van der Waals surface area contributed by atoms with Gasteiger partial charge in [0.15, 0.2) is 5.78 Å². The summed E-state index contributed by atoms with van der Waals surface area (Å²) < 4.78 is 0. The van der Waals surface area contributed by atoms with Gasteiger partial charge in [-0.2, -0.15) is 0 Å². The Balaban J connectivity index is 2.64. The fraction of sp³-hybridized carbons (Fsp3) is 0.583. The minimum Gasteiger partial charge on any atom is -0.295 e. The van der Waals surface area contributed by atoms with E-state index in [1.165, 1.54) is 18.4 Å². The topological polar surface area (TPSA) is 17.1 Å². The SMILES string of the molecule is C=CCC1=C(CCCC)CCC1=O. The minimum absolute atomic E-state index is 0.353. The van der Waals surface area contributed by atoms with Crippen molar-refractivity contribution in [1.29, 1.82) is 0 Å². The maximum Gasteiger partial charge on any atom is 0.159 e. The molecule has 0 aromatic rings. The summed E-state index contributed by atoms with van der Waals surface area (Å²) in [4.78, 5) is 11.4. The number of hydrogen-bond acceptors (Lipinski definition) is 1. The van der Waals surface area contributed by atoms with Gasteiger partial charge in [-0.05, 0) is 31.3 Å². The Hall–Kier alpha value is -0.850. The summed E-state index contributed by atoms with van der Waals surface area (Å²) in [6.45, 7) is 5.87. The van der Waals surface area contributed by atoms with Crippen LogP contribution in [0.2, 0.25) is 0 Å². The molecule has 0 N–H and O–H groups in total. The van der Waals surface area contributed by atoms with Crippen LogP contribution in [0, 0.1) is 0 Å². The Morgan fingerprint density at radius 1 is 1.46 bits per heavy atom. The zero-order valence-electron chi connectivity index (χ0n) is 8.44. The van der Waals surface area contributed by atoms with Crippen LogP contribution in [-0.4, -0.2) is 5.78 Å². The van der Waals surface area contributed by atoms with E-state index in [2.05, 4.69) is 13.5 Å². The summed E-state index contributed by atoms with van der Waals surface area (Å²) in [7, 11) is 0. The van der Waals surface area contributed by atoms with Crippen LogP contribution in [0.25, 0.3) is 0 Å². The molecule has 72 valence electrons. The van der Waals surface area contributed by atoms with Crippen LogP contribution in [0.1, 0.15) is 45.4 Å². The molecule has 1 rings (SSSR count). The van der Waals surface area contributed by atoms with Crippen molar-refractivity contribution in [2.24, 2.45) is 0 Å². The predicted octanol–water partition coefficient (Wildman–Crippen LogP) is 3.41. The van der Waals surface area contributed by atoms with Gasteiger partial charge in [0.05, 0.1) is 0 Å². The third-order valence-electron chi connectivity index (χ3n) is 2.60. The van der Waals surface area contributed by atoms with Crippen molar-refractivity contribution in [3.05, 3.63) is 23.8 Å². The first-order valence-electron chi connectivity index (χ1n) is 5.14. The molecule has 0 unspecified atom stereocenters. The van der Waals surface area contributed by atoms with Gasteiger partial charge in [0.2, 0.25) is 0 Å². The summed E-state index contributed by atoms with van der Waals surface area (Å²) in [5, 5.41) is 0. The first-order valence-corrected chi connectivity index (χ1v) is 5.14. The van der Waals surface area contributed by atoms with Gasteiger partial charge >= 0.3 is 0 Å². The summed E-state index contributed by atoms with van der Waals surface area (Å²) in [6.07, 6.45) is 7.89. The molecule has 0 aromatic carbocycles. The standard InChI is InChI=1S/C12H18O/c1-3-5-7-10-8-9-12(13)11(10)6-4-2/h4H,2-3,5-9H2,1H3. The van der Waals surface area contributed by atoms with Gasteiger partial charge in [0.1, 0.15) is 0 Å². The van der Waals surface area contributed by atoms with E-state index >= 15 is 0 Å². The van der Waals surface area contributed by atoms with E-state index in [9.17, 15) is 4.79 Å². The molecule has 0 heterocycles. The number of Topliss-reactive ketones (excluding diaryl/α,β-unsaturated/α-hetero) is 1. The quantitative estimate of drug-likeness (QED) is 0.589. The van der Waals surface area contributed by atoms with Crippen LogP contribution in [0.15, 0.2) is 23.8 Å². The van der Waals surface area contributed by atoms with Crippen molar-refractivity contribution in [3.8, 4) is 0 Å². The van der Waals surface area contributed by atoms with Crippen molar-refractivity contribution in [1.82, 2.24) is 0 Å². The van der Waals surface area contributed by atoms with Gasteiger partial charge in [-0.25, -0.2) is 0 Å². The highest BCUT2D eigenvalue weighted by atomic mass is 16.1. The van der Waals surface area contributed by atoms with Crippen molar-refractivity contribution in [2.75, 3.05) is 0 Å². The van der Waals surface area contributed by atoms with E-state index in [0.29, 0.717) is 5.78 Å². The molecule has 1 nitrogen and oxygen atoms in total. The Kier molecular flexibility index (Phi) is 3.94. The molecule has 1 aliphatic rings. The largest absolute Gasteiger partial charge is 0.295 e. The van der Waals surface area contributed by atoms with Crippen LogP contribution in [0.4, 0.5) is 0 Å². The van der Waals surface area contributed by atoms with E-state index in [1.54, 1.807) is 0 Å². The summed E-state index contributed by atoms with van der Waals surface area (Å²) >= 11 is 0. The molecule has 0 spiro atoms. The molecule has 1 heteroatoms. The van der Waals surface area contributed by atoms with Crippen LogP contribution < -0.4 is 0 Å². The molecule has 13 heavy (non-hydrogen) atoms. The van der Waals surface area contributed by atoms with E-state index in [4.69, 9.17) is 0 Å². The maximum atomic E-state index is 11.4. The summed E-state index contributed by atoms with van der Waals surface area (Å²) in [5.41, 5.74) is 2.45. The minimum atomic E-state index is 0.353. The monoisotopic (exact) mass is 178 g/mol. The molecule has 0 saturated carbocycles. The zero-order chi connectivity index (χ0) is 9.68. The molecule has 0 aromatic heterocycles. The molecule has 1 aliphatic carbocycles. The average Bonchev–Trinajstić information content (AvgIpc) is 2.46. The van der Waals surface area contributed by atoms with Crippen molar-refractivity contribution < 1.29 is 4.79 Å². The zero-order valence-corrected chi connectivity index (χ0v) is 8.44. The van der Waals surface area contributed by atoms with Crippen LogP contribution >= 0.6 is 0 Å². The van der Waals surface area contributed by atoms with Gasteiger partial charge in [0.25, 0.3) is 0 Å². The normalized spacial score (nSPS) is 16.8. The smallest absolute Gasteiger partial charge is 0.159 e. The Labute approximate surface area is 80.5 Å². The Morgan fingerprint density at radius 2 is 2.23 bits per heavy atom. The van der Waals surface area contributed by atoms with Crippen molar-refractivity contribution in [2.45, 2.75) is 45.4 Å². The highest BCUT2D eigenvalue weighted by Crippen LogP contribution is 2.29. The molecule has 0 amide bonds. The lowest BCUT2D eigenvalue weighted by molar-refractivity contribution is -0.114. The number of ketones is 1. The second-order valence-electron chi connectivity index (χ2n) is 3.60. The first-order chi connectivity index (χ1) is 6.29.